The number of rotatable bonds is 8. The van der Waals surface area contributed by atoms with Crippen molar-refractivity contribution in [1.29, 1.82) is 0 Å². The van der Waals surface area contributed by atoms with Crippen LogP contribution in [0.25, 0.3) is 0 Å². The molecule has 0 fully saturated rings. The van der Waals surface area contributed by atoms with Crippen LogP contribution in [0.15, 0.2) is 48.5 Å². The number of carbonyl (C=O) groups excluding carboxylic acids is 1. The van der Waals surface area contributed by atoms with Gasteiger partial charge in [0.25, 0.3) is 0 Å². The first-order chi connectivity index (χ1) is 13.4. The molecule has 1 aliphatic rings. The number of fused-ring (bicyclic) bond motifs is 1. The Morgan fingerprint density at radius 2 is 1.89 bits per heavy atom. The fourth-order valence-corrected chi connectivity index (χ4v) is 5.10. The fourth-order valence-electron chi connectivity index (χ4n) is 3.78. The molecule has 28 heavy (non-hydrogen) atoms. The highest BCUT2D eigenvalue weighted by Crippen LogP contribution is 2.32. The minimum absolute atomic E-state index is 0.0801. The van der Waals surface area contributed by atoms with Crippen molar-refractivity contribution in [3.63, 3.8) is 0 Å². The Bertz CT molecular complexity index is 926. The number of benzene rings is 2. The second-order valence-electron chi connectivity index (χ2n) is 7.33. The molecule has 0 saturated carbocycles. The van der Waals surface area contributed by atoms with Crippen LogP contribution in [0.3, 0.4) is 0 Å². The highest BCUT2D eigenvalue weighted by Gasteiger charge is 2.28. The number of nitrogens with zero attached hydrogens (tertiary/aromatic N) is 1. The van der Waals surface area contributed by atoms with Crippen LogP contribution in [0.2, 0.25) is 0 Å². The smallest absolute Gasteiger partial charge is 0.299 e. The maximum atomic E-state index is 12.8. The van der Waals surface area contributed by atoms with E-state index in [9.17, 15) is 13.2 Å². The van der Waals surface area contributed by atoms with Crippen LogP contribution in [0.1, 0.15) is 37.0 Å². The van der Waals surface area contributed by atoms with E-state index in [0.29, 0.717) is 25.2 Å². The molecule has 3 rings (SSSR count). The van der Waals surface area contributed by atoms with Gasteiger partial charge in [-0.3, -0.25) is 9.10 Å². The van der Waals surface area contributed by atoms with Gasteiger partial charge in [-0.15, -0.1) is 0 Å². The third-order valence-corrected chi connectivity index (χ3v) is 6.83. The lowest BCUT2D eigenvalue weighted by Gasteiger charge is -2.31. The zero-order valence-corrected chi connectivity index (χ0v) is 17.3. The number of hydrogen-bond acceptors (Lipinski definition) is 3. The van der Waals surface area contributed by atoms with E-state index in [1.807, 2.05) is 55.5 Å². The topological polar surface area (TPSA) is 66.5 Å². The van der Waals surface area contributed by atoms with E-state index in [2.05, 4.69) is 4.72 Å². The first-order valence-corrected chi connectivity index (χ1v) is 11.3. The molecule has 0 amide bonds. The molecule has 1 aliphatic heterocycles. The third-order valence-electron chi connectivity index (χ3n) is 5.22. The normalized spacial score (nSPS) is 15.1. The monoisotopic (exact) mass is 400 g/mol. The van der Waals surface area contributed by atoms with Gasteiger partial charge >= 0.3 is 10.2 Å². The van der Waals surface area contributed by atoms with Crippen LogP contribution in [-0.4, -0.2) is 27.3 Å². The van der Waals surface area contributed by atoms with Gasteiger partial charge in [0.2, 0.25) is 0 Å². The minimum atomic E-state index is -3.55. The Morgan fingerprint density at radius 3 is 2.61 bits per heavy atom. The van der Waals surface area contributed by atoms with Crippen LogP contribution in [0.4, 0.5) is 5.69 Å². The van der Waals surface area contributed by atoms with Crippen molar-refractivity contribution >= 4 is 21.7 Å². The molecule has 150 valence electrons. The van der Waals surface area contributed by atoms with Crippen molar-refractivity contribution in [1.82, 2.24) is 4.72 Å². The van der Waals surface area contributed by atoms with Crippen LogP contribution >= 0.6 is 0 Å². The Morgan fingerprint density at radius 1 is 1.14 bits per heavy atom. The second-order valence-corrected chi connectivity index (χ2v) is 9.01. The van der Waals surface area contributed by atoms with Crippen molar-refractivity contribution in [2.45, 2.75) is 39.5 Å². The number of nitrogens with one attached hydrogen (secondary N) is 1. The van der Waals surface area contributed by atoms with Gasteiger partial charge in [-0.25, -0.2) is 0 Å². The first kappa shape index (κ1) is 20.6. The Hall–Kier alpha value is -2.18. The van der Waals surface area contributed by atoms with Gasteiger partial charge in [0.15, 0.2) is 0 Å². The van der Waals surface area contributed by atoms with E-state index < -0.39 is 10.2 Å². The lowest BCUT2D eigenvalue weighted by molar-refractivity contribution is -0.121. The maximum absolute atomic E-state index is 12.8. The molecule has 6 heteroatoms. The van der Waals surface area contributed by atoms with E-state index in [4.69, 9.17) is 0 Å². The molecule has 1 heterocycles. The zero-order chi connectivity index (χ0) is 20.1. The Kier molecular flexibility index (Phi) is 6.52. The molecule has 0 aromatic heterocycles. The lowest BCUT2D eigenvalue weighted by Crippen LogP contribution is -2.43. The summed E-state index contributed by atoms with van der Waals surface area (Å²) in [6, 6.07) is 15.7. The summed E-state index contributed by atoms with van der Waals surface area (Å²) in [6.45, 7) is 4.55. The van der Waals surface area contributed by atoms with Crippen LogP contribution in [0.5, 0.6) is 0 Å². The molecule has 0 aliphatic carbocycles. The fraction of sp³-hybridized carbons (Fsp3) is 0.409. The van der Waals surface area contributed by atoms with Crippen LogP contribution < -0.4 is 9.03 Å². The molecule has 0 spiro atoms. The average molecular weight is 401 g/mol. The summed E-state index contributed by atoms with van der Waals surface area (Å²) >= 11 is 0. The SMILES string of the molecule is CCNS(=O)(=O)N1CCCc2c(CC(=O)[C@@H](C)Cc3ccccc3)cccc21. The Balaban J connectivity index is 1.79. The highest BCUT2D eigenvalue weighted by atomic mass is 32.2. The van der Waals surface area contributed by atoms with E-state index in [-0.39, 0.29) is 11.7 Å². The first-order valence-electron chi connectivity index (χ1n) is 9.87. The molecular weight excluding hydrogens is 372 g/mol. The molecule has 0 radical (unpaired) electrons. The van der Waals surface area contributed by atoms with Crippen molar-refractivity contribution in [3.05, 3.63) is 65.2 Å². The van der Waals surface area contributed by atoms with Gasteiger partial charge in [0, 0.05) is 25.4 Å². The molecule has 0 unspecified atom stereocenters. The number of hydrogen-bond donors (Lipinski definition) is 1. The lowest BCUT2D eigenvalue weighted by atomic mass is 9.89. The van der Waals surface area contributed by atoms with Gasteiger partial charge in [-0.05, 0) is 42.0 Å². The maximum Gasteiger partial charge on any atom is 0.301 e. The van der Waals surface area contributed by atoms with Gasteiger partial charge < -0.3 is 0 Å². The summed E-state index contributed by atoms with van der Waals surface area (Å²) in [6.07, 6.45) is 2.61. The summed E-state index contributed by atoms with van der Waals surface area (Å²) in [5.41, 5.74) is 3.78. The van der Waals surface area contributed by atoms with E-state index >= 15 is 0 Å². The van der Waals surface area contributed by atoms with Gasteiger partial charge in [-0.2, -0.15) is 13.1 Å². The summed E-state index contributed by atoms with van der Waals surface area (Å²) < 4.78 is 29.1. The number of Topliss-reactive ketones (excluding diaryl/α,β-unsaturated/α-hetero) is 1. The summed E-state index contributed by atoms with van der Waals surface area (Å²) in [5.74, 6) is 0.104. The predicted molar refractivity (Wildman–Crippen MR) is 113 cm³/mol. The molecular formula is C22H28N2O3S. The largest absolute Gasteiger partial charge is 0.301 e. The molecule has 0 bridgehead atoms. The average Bonchev–Trinajstić information content (AvgIpc) is 2.68. The second kappa shape index (κ2) is 8.88. The summed E-state index contributed by atoms with van der Waals surface area (Å²) in [4.78, 5) is 12.8. The van der Waals surface area contributed by atoms with Crippen molar-refractivity contribution in [3.8, 4) is 0 Å². The minimum Gasteiger partial charge on any atom is -0.299 e. The molecule has 1 N–H and O–H groups in total. The molecule has 2 aromatic rings. The number of carbonyl (C=O) groups is 1. The highest BCUT2D eigenvalue weighted by molar-refractivity contribution is 7.90. The Labute approximate surface area is 167 Å². The van der Waals surface area contributed by atoms with E-state index in [1.165, 1.54) is 4.31 Å². The third kappa shape index (κ3) is 4.62. The number of anilines is 1. The zero-order valence-electron chi connectivity index (χ0n) is 16.5. The van der Waals surface area contributed by atoms with Crippen molar-refractivity contribution < 1.29 is 13.2 Å². The van der Waals surface area contributed by atoms with Crippen LogP contribution in [0, 0.1) is 5.92 Å². The standard InChI is InChI=1S/C22H28N2O3S/c1-3-23-28(26,27)24-14-8-12-20-19(11-7-13-21(20)24)16-22(25)17(2)15-18-9-5-4-6-10-18/h4-7,9-11,13,17,23H,3,8,12,14-16H2,1-2H3/t17-/m0/s1. The quantitative estimate of drug-likeness (QED) is 0.739. The summed E-state index contributed by atoms with van der Waals surface area (Å²) in [5, 5.41) is 0. The molecule has 5 nitrogen and oxygen atoms in total. The van der Waals surface area contributed by atoms with Crippen molar-refractivity contribution in [2.24, 2.45) is 5.92 Å². The summed E-state index contributed by atoms with van der Waals surface area (Å²) in [7, 11) is -3.55. The molecule has 2 aromatic carbocycles. The predicted octanol–water partition coefficient (Wildman–Crippen LogP) is 3.28. The van der Waals surface area contributed by atoms with Gasteiger partial charge in [0.05, 0.1) is 5.69 Å². The van der Waals surface area contributed by atoms with E-state index in [0.717, 1.165) is 36.0 Å². The van der Waals surface area contributed by atoms with E-state index in [1.54, 1.807) is 6.92 Å². The molecule has 1 atom stereocenters. The van der Waals surface area contributed by atoms with Crippen molar-refractivity contribution in [2.75, 3.05) is 17.4 Å². The van der Waals surface area contributed by atoms with Gasteiger partial charge in [-0.1, -0.05) is 56.3 Å². The molecule has 0 saturated heterocycles. The van der Waals surface area contributed by atoms with Gasteiger partial charge in [0.1, 0.15) is 5.78 Å². The number of ketones is 1. The van der Waals surface area contributed by atoms with Crippen LogP contribution in [-0.2, 0) is 34.3 Å².